The van der Waals surface area contributed by atoms with Crippen LogP contribution in [0.2, 0.25) is 0 Å². The van der Waals surface area contributed by atoms with Crippen molar-refractivity contribution in [1.29, 1.82) is 0 Å². The van der Waals surface area contributed by atoms with Crippen molar-refractivity contribution in [2.24, 2.45) is 0 Å². The molecule has 3 aromatic rings. The molecule has 1 aliphatic carbocycles. The van der Waals surface area contributed by atoms with Crippen LogP contribution in [0.3, 0.4) is 0 Å². The summed E-state index contributed by atoms with van der Waals surface area (Å²) in [5.41, 5.74) is 2.82. The molecule has 1 aromatic carbocycles. The van der Waals surface area contributed by atoms with Crippen LogP contribution in [0.5, 0.6) is 0 Å². The van der Waals surface area contributed by atoms with Crippen molar-refractivity contribution >= 4 is 22.4 Å². The summed E-state index contributed by atoms with van der Waals surface area (Å²) in [6.45, 7) is 2.72. The summed E-state index contributed by atoms with van der Waals surface area (Å²) in [4.78, 5) is 23.4. The second-order valence-corrected chi connectivity index (χ2v) is 6.95. The minimum absolute atomic E-state index is 0.0426. The molecule has 1 aliphatic rings. The van der Waals surface area contributed by atoms with E-state index in [0.717, 1.165) is 35.8 Å². The minimum Gasteiger partial charge on any atom is -0.333 e. The summed E-state index contributed by atoms with van der Waals surface area (Å²) in [6.07, 6.45) is 7.60. The van der Waals surface area contributed by atoms with E-state index in [0.29, 0.717) is 11.6 Å². The second-order valence-electron chi connectivity index (χ2n) is 6.11. The van der Waals surface area contributed by atoms with Crippen molar-refractivity contribution in [3.8, 4) is 0 Å². The first-order valence-electron chi connectivity index (χ1n) is 8.01. The van der Waals surface area contributed by atoms with Gasteiger partial charge in [-0.05, 0) is 37.5 Å². The molecular weight excluding hydrogens is 320 g/mol. The van der Waals surface area contributed by atoms with E-state index in [1.807, 2.05) is 52.2 Å². The number of anilines is 1. The molecule has 2 heterocycles. The second kappa shape index (κ2) is 6.20. The van der Waals surface area contributed by atoms with E-state index < -0.39 is 0 Å². The zero-order valence-corrected chi connectivity index (χ0v) is 14.2. The number of amides is 1. The Kier molecular flexibility index (Phi) is 3.90. The van der Waals surface area contributed by atoms with Gasteiger partial charge in [0.05, 0.1) is 12.0 Å². The van der Waals surface area contributed by atoms with E-state index >= 15 is 0 Å². The van der Waals surface area contributed by atoms with Gasteiger partial charge in [-0.15, -0.1) is 11.3 Å². The summed E-state index contributed by atoms with van der Waals surface area (Å²) >= 11 is 1.54. The number of carbonyl (C=O) groups excluding carboxylic acids is 1. The fourth-order valence-corrected chi connectivity index (χ4v) is 3.55. The van der Waals surface area contributed by atoms with Crippen LogP contribution >= 0.6 is 11.3 Å². The van der Waals surface area contributed by atoms with Gasteiger partial charge < -0.3 is 4.57 Å². The molecule has 1 fully saturated rings. The predicted molar refractivity (Wildman–Crippen MR) is 94.5 cm³/mol. The Balaban J connectivity index is 1.54. The Labute approximate surface area is 144 Å². The molecule has 5 nitrogen and oxygen atoms in total. The highest BCUT2D eigenvalue weighted by atomic mass is 32.1. The van der Waals surface area contributed by atoms with Crippen molar-refractivity contribution in [2.75, 3.05) is 4.90 Å². The quantitative estimate of drug-likeness (QED) is 0.715. The molecule has 0 saturated heterocycles. The number of benzene rings is 1. The molecule has 1 saturated carbocycles. The van der Waals surface area contributed by atoms with Gasteiger partial charge in [0, 0.05) is 35.9 Å². The van der Waals surface area contributed by atoms with Gasteiger partial charge in [-0.2, -0.15) is 0 Å². The SMILES string of the molecule is Cc1csc(N(C(=O)c2ccc(Cn3ccnc3)cc2)C2CC2)n1. The van der Waals surface area contributed by atoms with Gasteiger partial charge in [0.1, 0.15) is 0 Å². The number of hydrogen-bond donors (Lipinski definition) is 0. The number of aryl methyl sites for hydroxylation is 1. The molecule has 2 aromatic heterocycles. The molecule has 0 N–H and O–H groups in total. The van der Waals surface area contributed by atoms with Crippen LogP contribution in [0.1, 0.15) is 34.5 Å². The lowest BCUT2D eigenvalue weighted by Gasteiger charge is -2.19. The standard InChI is InChI=1S/C18H18N4OS/c1-13-11-24-18(20-13)22(16-6-7-16)17(23)15-4-2-14(3-5-15)10-21-9-8-19-12-21/h2-5,8-9,11-12,16H,6-7,10H2,1H3. The summed E-state index contributed by atoms with van der Waals surface area (Å²) in [6, 6.07) is 8.12. The lowest BCUT2D eigenvalue weighted by Crippen LogP contribution is -2.33. The van der Waals surface area contributed by atoms with Crippen LogP contribution in [0.25, 0.3) is 0 Å². The van der Waals surface area contributed by atoms with Crippen LogP contribution in [-0.2, 0) is 6.54 Å². The molecule has 0 spiro atoms. The van der Waals surface area contributed by atoms with Gasteiger partial charge in [0.15, 0.2) is 5.13 Å². The first kappa shape index (κ1) is 15.1. The van der Waals surface area contributed by atoms with Crippen molar-refractivity contribution < 1.29 is 4.79 Å². The molecule has 0 atom stereocenters. The zero-order chi connectivity index (χ0) is 16.5. The van der Waals surface area contributed by atoms with Gasteiger partial charge in [-0.25, -0.2) is 9.97 Å². The Bertz CT molecular complexity index is 834. The van der Waals surface area contributed by atoms with Crippen LogP contribution in [0, 0.1) is 6.92 Å². The monoisotopic (exact) mass is 338 g/mol. The average Bonchev–Trinajstić information content (AvgIpc) is 3.10. The molecule has 122 valence electrons. The maximum Gasteiger partial charge on any atom is 0.260 e. The van der Waals surface area contributed by atoms with Crippen molar-refractivity contribution in [3.05, 3.63) is 65.2 Å². The van der Waals surface area contributed by atoms with Crippen molar-refractivity contribution in [1.82, 2.24) is 14.5 Å². The third-order valence-electron chi connectivity index (χ3n) is 4.07. The van der Waals surface area contributed by atoms with Crippen LogP contribution < -0.4 is 4.90 Å². The molecule has 0 bridgehead atoms. The molecule has 0 radical (unpaired) electrons. The Morgan fingerprint density at radius 2 is 2.12 bits per heavy atom. The van der Waals surface area contributed by atoms with E-state index in [9.17, 15) is 4.79 Å². The van der Waals surface area contributed by atoms with Gasteiger partial charge in [0.25, 0.3) is 5.91 Å². The van der Waals surface area contributed by atoms with E-state index in [2.05, 4.69) is 9.97 Å². The number of thiazole rings is 1. The molecule has 6 heteroatoms. The number of rotatable bonds is 5. The average molecular weight is 338 g/mol. The number of hydrogen-bond acceptors (Lipinski definition) is 4. The summed E-state index contributed by atoms with van der Waals surface area (Å²) in [5, 5.41) is 2.80. The summed E-state index contributed by atoms with van der Waals surface area (Å²) in [5.74, 6) is 0.0426. The van der Waals surface area contributed by atoms with Gasteiger partial charge in [-0.1, -0.05) is 12.1 Å². The zero-order valence-electron chi connectivity index (χ0n) is 13.4. The molecule has 0 unspecified atom stereocenters. The maximum atomic E-state index is 12.9. The van der Waals surface area contributed by atoms with E-state index in [-0.39, 0.29) is 5.91 Å². The highest BCUT2D eigenvalue weighted by Gasteiger charge is 2.35. The van der Waals surface area contributed by atoms with E-state index in [1.54, 1.807) is 12.5 Å². The maximum absolute atomic E-state index is 12.9. The topological polar surface area (TPSA) is 51.0 Å². The molecule has 0 aliphatic heterocycles. The first-order chi connectivity index (χ1) is 11.7. The summed E-state index contributed by atoms with van der Waals surface area (Å²) in [7, 11) is 0. The fraction of sp³-hybridized carbons (Fsp3) is 0.278. The Morgan fingerprint density at radius 1 is 1.33 bits per heavy atom. The molecule has 1 amide bonds. The van der Waals surface area contributed by atoms with Gasteiger partial charge >= 0.3 is 0 Å². The number of nitrogens with zero attached hydrogens (tertiary/aromatic N) is 4. The van der Waals surface area contributed by atoms with E-state index in [1.165, 1.54) is 11.3 Å². The molecular formula is C18H18N4OS. The Hall–Kier alpha value is -2.47. The lowest BCUT2D eigenvalue weighted by molar-refractivity contribution is 0.0985. The first-order valence-corrected chi connectivity index (χ1v) is 8.89. The van der Waals surface area contributed by atoms with Crippen LogP contribution in [0.15, 0.2) is 48.4 Å². The van der Waals surface area contributed by atoms with E-state index in [4.69, 9.17) is 0 Å². The van der Waals surface area contributed by atoms with Gasteiger partial charge in [0.2, 0.25) is 0 Å². The lowest BCUT2D eigenvalue weighted by atomic mass is 10.1. The highest BCUT2D eigenvalue weighted by Crippen LogP contribution is 2.34. The number of carbonyl (C=O) groups is 1. The smallest absolute Gasteiger partial charge is 0.260 e. The van der Waals surface area contributed by atoms with Crippen molar-refractivity contribution in [2.45, 2.75) is 32.4 Å². The Morgan fingerprint density at radius 3 is 2.71 bits per heavy atom. The van der Waals surface area contributed by atoms with Crippen LogP contribution in [0.4, 0.5) is 5.13 Å². The fourth-order valence-electron chi connectivity index (χ4n) is 2.68. The highest BCUT2D eigenvalue weighted by molar-refractivity contribution is 7.14. The predicted octanol–water partition coefficient (Wildman–Crippen LogP) is 3.51. The molecule has 24 heavy (non-hydrogen) atoms. The minimum atomic E-state index is 0.0426. The van der Waals surface area contributed by atoms with Crippen molar-refractivity contribution in [3.63, 3.8) is 0 Å². The number of aromatic nitrogens is 3. The largest absolute Gasteiger partial charge is 0.333 e. The third kappa shape index (κ3) is 3.10. The third-order valence-corrected chi connectivity index (χ3v) is 5.03. The van der Waals surface area contributed by atoms with Gasteiger partial charge in [-0.3, -0.25) is 9.69 Å². The molecule has 4 rings (SSSR count). The van der Waals surface area contributed by atoms with Crippen LogP contribution in [-0.4, -0.2) is 26.5 Å². The summed E-state index contributed by atoms with van der Waals surface area (Å²) < 4.78 is 2.01. The number of imidazole rings is 1. The normalized spacial score (nSPS) is 13.9.